The van der Waals surface area contributed by atoms with Crippen molar-refractivity contribution in [2.75, 3.05) is 38.0 Å². The van der Waals surface area contributed by atoms with Crippen molar-refractivity contribution in [1.82, 2.24) is 9.21 Å². The number of aryl methyl sites for hydroxylation is 1. The van der Waals surface area contributed by atoms with Gasteiger partial charge >= 0.3 is 0 Å². The van der Waals surface area contributed by atoms with Gasteiger partial charge in [-0.3, -0.25) is 4.79 Å². The zero-order chi connectivity index (χ0) is 20.3. The van der Waals surface area contributed by atoms with Crippen LogP contribution in [-0.4, -0.2) is 56.3 Å². The van der Waals surface area contributed by atoms with Crippen molar-refractivity contribution in [3.63, 3.8) is 0 Å². The first-order chi connectivity index (χ1) is 13.3. The Kier molecular flexibility index (Phi) is 6.22. The fourth-order valence-electron chi connectivity index (χ4n) is 2.95. The number of amides is 1. The fourth-order valence-corrected chi connectivity index (χ4v) is 4.58. The molecule has 0 aliphatic carbocycles. The van der Waals surface area contributed by atoms with Gasteiger partial charge < -0.3 is 10.2 Å². The molecule has 1 fully saturated rings. The van der Waals surface area contributed by atoms with Crippen molar-refractivity contribution in [2.24, 2.45) is 0 Å². The van der Waals surface area contributed by atoms with Gasteiger partial charge in [0.15, 0.2) is 0 Å². The van der Waals surface area contributed by atoms with Gasteiger partial charge in [-0.05, 0) is 42.8 Å². The van der Waals surface area contributed by atoms with E-state index in [4.69, 9.17) is 11.6 Å². The number of benzene rings is 2. The maximum Gasteiger partial charge on any atom is 0.243 e. The highest BCUT2D eigenvalue weighted by Gasteiger charge is 2.30. The summed E-state index contributed by atoms with van der Waals surface area (Å²) in [4.78, 5) is 13.9. The molecule has 1 aliphatic heterocycles. The summed E-state index contributed by atoms with van der Waals surface area (Å²) in [5.41, 5.74) is 1.70. The molecule has 1 amide bonds. The maximum atomic E-state index is 13.4. The number of carbonyl (C=O) groups is 1. The predicted molar refractivity (Wildman–Crippen MR) is 106 cm³/mol. The SMILES string of the molecule is Cc1ccc(NCC(=O)N2CCN(S(=O)(=O)c3cccc(F)c3)CC2)cc1Cl. The molecule has 0 radical (unpaired) electrons. The molecule has 3 rings (SSSR count). The van der Waals surface area contributed by atoms with Crippen LogP contribution in [-0.2, 0) is 14.8 Å². The smallest absolute Gasteiger partial charge is 0.243 e. The van der Waals surface area contributed by atoms with Gasteiger partial charge in [-0.15, -0.1) is 0 Å². The summed E-state index contributed by atoms with van der Waals surface area (Å²) in [6, 6.07) is 10.4. The molecular weight excluding hydrogens is 405 g/mol. The van der Waals surface area contributed by atoms with E-state index in [0.717, 1.165) is 17.3 Å². The Bertz CT molecular complexity index is 976. The highest BCUT2D eigenvalue weighted by Crippen LogP contribution is 2.20. The molecule has 0 bridgehead atoms. The third-order valence-corrected chi connectivity index (χ3v) is 6.94. The van der Waals surface area contributed by atoms with Gasteiger partial charge in [-0.25, -0.2) is 12.8 Å². The monoisotopic (exact) mass is 425 g/mol. The van der Waals surface area contributed by atoms with E-state index in [1.54, 1.807) is 11.0 Å². The van der Waals surface area contributed by atoms with Crippen molar-refractivity contribution in [3.05, 3.63) is 58.9 Å². The van der Waals surface area contributed by atoms with Crippen LogP contribution < -0.4 is 5.32 Å². The molecule has 0 spiro atoms. The lowest BCUT2D eigenvalue weighted by Crippen LogP contribution is -2.51. The number of hydrogen-bond donors (Lipinski definition) is 1. The standard InChI is InChI=1S/C19H21ClFN3O3S/c1-14-5-6-16(12-18(14)20)22-13-19(25)23-7-9-24(10-8-23)28(26,27)17-4-2-3-15(21)11-17/h2-6,11-12,22H,7-10,13H2,1H3. The minimum absolute atomic E-state index is 0.0785. The van der Waals surface area contributed by atoms with Crippen LogP contribution in [0.3, 0.4) is 0 Å². The molecule has 150 valence electrons. The van der Waals surface area contributed by atoms with E-state index < -0.39 is 15.8 Å². The summed E-state index contributed by atoms with van der Waals surface area (Å²) >= 11 is 6.08. The minimum Gasteiger partial charge on any atom is -0.376 e. The van der Waals surface area contributed by atoms with Crippen molar-refractivity contribution < 1.29 is 17.6 Å². The van der Waals surface area contributed by atoms with Crippen molar-refractivity contribution in [1.29, 1.82) is 0 Å². The van der Waals surface area contributed by atoms with E-state index in [1.165, 1.54) is 22.5 Å². The van der Waals surface area contributed by atoms with Crippen LogP contribution in [0.15, 0.2) is 47.4 Å². The summed E-state index contributed by atoms with van der Waals surface area (Å²) in [7, 11) is -3.77. The minimum atomic E-state index is -3.77. The molecule has 0 atom stereocenters. The molecular formula is C19H21ClFN3O3S. The van der Waals surface area contributed by atoms with Gasteiger partial charge in [-0.2, -0.15) is 4.31 Å². The van der Waals surface area contributed by atoms with Crippen LogP contribution in [0.5, 0.6) is 0 Å². The highest BCUT2D eigenvalue weighted by atomic mass is 35.5. The first-order valence-corrected chi connectivity index (χ1v) is 10.6. The zero-order valence-corrected chi connectivity index (χ0v) is 16.9. The van der Waals surface area contributed by atoms with Crippen LogP contribution in [0.2, 0.25) is 5.02 Å². The maximum absolute atomic E-state index is 13.4. The van der Waals surface area contributed by atoms with E-state index in [1.807, 2.05) is 19.1 Å². The number of anilines is 1. The first kappa shape index (κ1) is 20.6. The number of halogens is 2. The second-order valence-corrected chi connectivity index (χ2v) is 8.90. The molecule has 6 nitrogen and oxygen atoms in total. The average Bonchev–Trinajstić information content (AvgIpc) is 2.68. The Labute approximate surface area is 168 Å². The molecule has 1 N–H and O–H groups in total. The average molecular weight is 426 g/mol. The summed E-state index contributed by atoms with van der Waals surface area (Å²) in [5.74, 6) is -0.725. The van der Waals surface area contributed by atoms with E-state index in [-0.39, 0.29) is 43.5 Å². The van der Waals surface area contributed by atoms with Crippen molar-refractivity contribution >= 4 is 33.2 Å². The molecule has 2 aromatic rings. The molecule has 28 heavy (non-hydrogen) atoms. The van der Waals surface area contributed by atoms with E-state index in [2.05, 4.69) is 5.32 Å². The molecule has 0 aromatic heterocycles. The van der Waals surface area contributed by atoms with Crippen molar-refractivity contribution in [2.45, 2.75) is 11.8 Å². The normalized spacial score (nSPS) is 15.5. The lowest BCUT2D eigenvalue weighted by Gasteiger charge is -2.34. The summed E-state index contributed by atoms with van der Waals surface area (Å²) in [6.45, 7) is 2.89. The summed E-state index contributed by atoms with van der Waals surface area (Å²) < 4.78 is 39.9. The molecule has 0 saturated carbocycles. The van der Waals surface area contributed by atoms with Gasteiger partial charge in [-0.1, -0.05) is 23.7 Å². The number of piperazine rings is 1. The number of hydrogen-bond acceptors (Lipinski definition) is 4. The number of nitrogens with zero attached hydrogens (tertiary/aromatic N) is 2. The molecule has 9 heteroatoms. The largest absolute Gasteiger partial charge is 0.376 e. The lowest BCUT2D eigenvalue weighted by atomic mass is 10.2. The van der Waals surface area contributed by atoms with Gasteiger partial charge in [0.2, 0.25) is 15.9 Å². The van der Waals surface area contributed by atoms with Crippen molar-refractivity contribution in [3.8, 4) is 0 Å². The Balaban J connectivity index is 1.55. The van der Waals surface area contributed by atoms with Crippen LogP contribution in [0.4, 0.5) is 10.1 Å². The molecule has 0 unspecified atom stereocenters. The van der Waals surface area contributed by atoms with Gasteiger partial charge in [0.1, 0.15) is 5.82 Å². The van der Waals surface area contributed by atoms with Gasteiger partial charge in [0.25, 0.3) is 0 Å². The van der Waals surface area contributed by atoms with E-state index in [0.29, 0.717) is 5.02 Å². The third-order valence-electron chi connectivity index (χ3n) is 4.64. The first-order valence-electron chi connectivity index (χ1n) is 8.81. The molecule has 1 saturated heterocycles. The van der Waals surface area contributed by atoms with Gasteiger partial charge in [0.05, 0.1) is 11.4 Å². The molecule has 1 heterocycles. The van der Waals surface area contributed by atoms with Gasteiger partial charge in [0, 0.05) is 36.9 Å². The molecule has 2 aromatic carbocycles. The summed E-state index contributed by atoms with van der Waals surface area (Å²) in [6.07, 6.45) is 0. The number of rotatable bonds is 5. The van der Waals surface area contributed by atoms with Crippen LogP contribution in [0.25, 0.3) is 0 Å². The fraction of sp³-hybridized carbons (Fsp3) is 0.316. The highest BCUT2D eigenvalue weighted by molar-refractivity contribution is 7.89. The number of nitrogens with one attached hydrogen (secondary N) is 1. The Morgan fingerprint density at radius 1 is 1.14 bits per heavy atom. The Morgan fingerprint density at radius 3 is 2.50 bits per heavy atom. The predicted octanol–water partition coefficient (Wildman–Crippen LogP) is 2.73. The Morgan fingerprint density at radius 2 is 1.86 bits per heavy atom. The summed E-state index contributed by atoms with van der Waals surface area (Å²) in [5, 5.41) is 3.65. The van der Waals surface area contributed by atoms with E-state index in [9.17, 15) is 17.6 Å². The number of carbonyl (C=O) groups excluding carboxylic acids is 1. The quantitative estimate of drug-likeness (QED) is 0.799. The zero-order valence-electron chi connectivity index (χ0n) is 15.4. The molecule has 1 aliphatic rings. The van der Waals surface area contributed by atoms with Crippen LogP contribution >= 0.6 is 11.6 Å². The van der Waals surface area contributed by atoms with E-state index >= 15 is 0 Å². The second kappa shape index (κ2) is 8.46. The number of sulfonamides is 1. The lowest BCUT2D eigenvalue weighted by molar-refractivity contribution is -0.130. The second-order valence-electron chi connectivity index (χ2n) is 6.56. The third kappa shape index (κ3) is 4.63. The van der Waals surface area contributed by atoms with Crippen LogP contribution in [0.1, 0.15) is 5.56 Å². The van der Waals surface area contributed by atoms with Crippen LogP contribution in [0, 0.1) is 12.7 Å². The topological polar surface area (TPSA) is 69.7 Å². The Hall–Kier alpha value is -2.16.